The Morgan fingerprint density at radius 3 is 2.83 bits per heavy atom. The standard InChI is InChI=1S/C8H9NO2S/c10-8(11)7-9-5-3-1-2-4-6(5)12-7/h1-4H2,(H,10,11). The van der Waals surface area contributed by atoms with Gasteiger partial charge in [-0.15, -0.1) is 11.3 Å². The van der Waals surface area contributed by atoms with E-state index in [1.54, 1.807) is 0 Å². The molecule has 0 aromatic carbocycles. The molecule has 0 radical (unpaired) electrons. The molecule has 0 fully saturated rings. The Balaban J connectivity index is 2.38. The first-order valence-electron chi connectivity index (χ1n) is 3.99. The normalized spacial score (nSPS) is 15.7. The zero-order valence-corrected chi connectivity index (χ0v) is 7.36. The van der Waals surface area contributed by atoms with Crippen LogP contribution in [0, 0.1) is 0 Å². The maximum atomic E-state index is 10.6. The van der Waals surface area contributed by atoms with Crippen molar-refractivity contribution in [2.75, 3.05) is 0 Å². The van der Waals surface area contributed by atoms with E-state index >= 15 is 0 Å². The molecule has 3 nitrogen and oxygen atoms in total. The molecule has 1 aromatic rings. The van der Waals surface area contributed by atoms with Gasteiger partial charge in [0.05, 0.1) is 5.69 Å². The fourth-order valence-electron chi connectivity index (χ4n) is 1.44. The molecule has 1 aliphatic carbocycles. The maximum absolute atomic E-state index is 10.6. The Labute approximate surface area is 74.1 Å². The van der Waals surface area contributed by atoms with Gasteiger partial charge in [-0.25, -0.2) is 9.78 Å². The van der Waals surface area contributed by atoms with E-state index in [1.807, 2.05) is 0 Å². The van der Waals surface area contributed by atoms with Crippen molar-refractivity contribution in [3.63, 3.8) is 0 Å². The highest BCUT2D eigenvalue weighted by atomic mass is 32.1. The maximum Gasteiger partial charge on any atom is 0.365 e. The van der Waals surface area contributed by atoms with E-state index in [1.165, 1.54) is 22.6 Å². The number of carboxylic acids is 1. The van der Waals surface area contributed by atoms with Crippen LogP contribution >= 0.6 is 11.3 Å². The minimum Gasteiger partial charge on any atom is -0.476 e. The number of aromatic nitrogens is 1. The van der Waals surface area contributed by atoms with Gasteiger partial charge in [-0.1, -0.05) is 0 Å². The first kappa shape index (κ1) is 7.73. The average molecular weight is 183 g/mol. The highest BCUT2D eigenvalue weighted by Crippen LogP contribution is 2.26. The fraction of sp³-hybridized carbons (Fsp3) is 0.500. The number of nitrogens with zero attached hydrogens (tertiary/aromatic N) is 1. The summed E-state index contributed by atoms with van der Waals surface area (Å²) < 4.78 is 0. The number of hydrogen-bond donors (Lipinski definition) is 1. The van der Waals surface area contributed by atoms with Crippen LogP contribution in [0.25, 0.3) is 0 Å². The zero-order chi connectivity index (χ0) is 8.55. The molecule has 0 aliphatic heterocycles. The smallest absolute Gasteiger partial charge is 0.365 e. The lowest BCUT2D eigenvalue weighted by molar-refractivity contribution is 0.0696. The SMILES string of the molecule is O=C(O)c1nc2c(s1)CCCC2. The molecule has 12 heavy (non-hydrogen) atoms. The van der Waals surface area contributed by atoms with Gasteiger partial charge >= 0.3 is 5.97 Å². The summed E-state index contributed by atoms with van der Waals surface area (Å²) in [5, 5.41) is 8.93. The Bertz CT molecular complexity index is 295. The van der Waals surface area contributed by atoms with E-state index in [9.17, 15) is 4.79 Å². The molecule has 0 unspecified atom stereocenters. The molecule has 1 heterocycles. The molecule has 2 rings (SSSR count). The lowest BCUT2D eigenvalue weighted by Gasteiger charge is -2.06. The highest BCUT2D eigenvalue weighted by Gasteiger charge is 2.17. The minimum atomic E-state index is -0.894. The number of carboxylic acid groups (broad SMARTS) is 1. The van der Waals surface area contributed by atoms with Crippen LogP contribution in [0.2, 0.25) is 0 Å². The summed E-state index contributed by atoms with van der Waals surface area (Å²) >= 11 is 1.33. The van der Waals surface area contributed by atoms with Crippen LogP contribution in [-0.4, -0.2) is 16.1 Å². The van der Waals surface area contributed by atoms with Crippen molar-refractivity contribution in [3.8, 4) is 0 Å². The first-order valence-corrected chi connectivity index (χ1v) is 4.81. The summed E-state index contributed by atoms with van der Waals surface area (Å²) in [6, 6.07) is 0. The van der Waals surface area contributed by atoms with Crippen LogP contribution in [-0.2, 0) is 12.8 Å². The molecule has 0 atom stereocenters. The summed E-state index contributed by atoms with van der Waals surface area (Å²) in [4.78, 5) is 15.8. The minimum absolute atomic E-state index is 0.252. The Hall–Kier alpha value is -0.900. The number of aromatic carboxylic acids is 1. The van der Waals surface area contributed by atoms with Crippen molar-refractivity contribution in [3.05, 3.63) is 15.6 Å². The monoisotopic (exact) mass is 183 g/mol. The molecular formula is C8H9NO2S. The van der Waals surface area contributed by atoms with E-state index in [4.69, 9.17) is 5.11 Å². The zero-order valence-electron chi connectivity index (χ0n) is 6.54. The van der Waals surface area contributed by atoms with Crippen molar-refractivity contribution in [1.82, 2.24) is 4.98 Å². The predicted molar refractivity (Wildman–Crippen MR) is 45.7 cm³/mol. The number of thiazole rings is 1. The molecule has 0 saturated carbocycles. The van der Waals surface area contributed by atoms with Crippen molar-refractivity contribution in [1.29, 1.82) is 0 Å². The Morgan fingerprint density at radius 2 is 2.17 bits per heavy atom. The van der Waals surface area contributed by atoms with E-state index in [2.05, 4.69) is 4.98 Å². The van der Waals surface area contributed by atoms with Gasteiger partial charge in [0.25, 0.3) is 0 Å². The van der Waals surface area contributed by atoms with Gasteiger partial charge in [0.1, 0.15) is 0 Å². The van der Waals surface area contributed by atoms with Crippen LogP contribution < -0.4 is 0 Å². The molecule has 0 bridgehead atoms. The van der Waals surface area contributed by atoms with E-state index in [0.29, 0.717) is 0 Å². The second kappa shape index (κ2) is 2.86. The second-order valence-corrected chi connectivity index (χ2v) is 3.98. The summed E-state index contributed by atoms with van der Waals surface area (Å²) in [6.45, 7) is 0. The van der Waals surface area contributed by atoms with E-state index in [0.717, 1.165) is 25.0 Å². The molecule has 1 N–H and O–H groups in total. The number of hydrogen-bond acceptors (Lipinski definition) is 3. The van der Waals surface area contributed by atoms with Crippen molar-refractivity contribution in [2.24, 2.45) is 0 Å². The highest BCUT2D eigenvalue weighted by molar-refractivity contribution is 7.13. The van der Waals surface area contributed by atoms with E-state index < -0.39 is 5.97 Å². The van der Waals surface area contributed by atoms with Gasteiger partial charge in [0, 0.05) is 4.88 Å². The third-order valence-corrected chi connectivity index (χ3v) is 3.17. The molecule has 4 heteroatoms. The number of fused-ring (bicyclic) bond motifs is 1. The van der Waals surface area contributed by atoms with Gasteiger partial charge in [0.2, 0.25) is 5.01 Å². The van der Waals surface area contributed by atoms with Crippen LogP contribution in [0.1, 0.15) is 33.2 Å². The second-order valence-electron chi connectivity index (χ2n) is 2.90. The average Bonchev–Trinajstić information content (AvgIpc) is 2.46. The number of aryl methyl sites for hydroxylation is 2. The molecule has 0 saturated heterocycles. The van der Waals surface area contributed by atoms with Crippen LogP contribution in [0.5, 0.6) is 0 Å². The number of carbonyl (C=O) groups is 1. The summed E-state index contributed by atoms with van der Waals surface area (Å²) in [6.07, 6.45) is 4.30. The molecule has 64 valence electrons. The largest absolute Gasteiger partial charge is 0.476 e. The number of rotatable bonds is 1. The third-order valence-electron chi connectivity index (χ3n) is 2.03. The van der Waals surface area contributed by atoms with Gasteiger partial charge in [-0.2, -0.15) is 0 Å². The quantitative estimate of drug-likeness (QED) is 0.721. The summed E-state index contributed by atoms with van der Waals surface area (Å²) in [7, 11) is 0. The van der Waals surface area contributed by atoms with Gasteiger partial charge in [-0.05, 0) is 25.7 Å². The first-order chi connectivity index (χ1) is 5.77. The molecule has 1 aromatic heterocycles. The Morgan fingerprint density at radius 1 is 1.42 bits per heavy atom. The van der Waals surface area contributed by atoms with Crippen LogP contribution in [0.3, 0.4) is 0 Å². The van der Waals surface area contributed by atoms with Crippen LogP contribution in [0.4, 0.5) is 0 Å². The fourth-order valence-corrected chi connectivity index (χ4v) is 2.43. The summed E-state index contributed by atoms with van der Waals surface area (Å²) in [5.41, 5.74) is 1.02. The lowest BCUT2D eigenvalue weighted by atomic mass is 10.0. The van der Waals surface area contributed by atoms with Crippen molar-refractivity contribution >= 4 is 17.3 Å². The Kier molecular flexibility index (Phi) is 1.84. The van der Waals surface area contributed by atoms with Crippen molar-refractivity contribution < 1.29 is 9.90 Å². The molecule has 0 amide bonds. The van der Waals surface area contributed by atoms with Gasteiger partial charge < -0.3 is 5.11 Å². The van der Waals surface area contributed by atoms with Crippen LogP contribution in [0.15, 0.2) is 0 Å². The topological polar surface area (TPSA) is 50.2 Å². The van der Waals surface area contributed by atoms with Gasteiger partial charge in [0.15, 0.2) is 0 Å². The van der Waals surface area contributed by atoms with E-state index in [-0.39, 0.29) is 5.01 Å². The lowest BCUT2D eigenvalue weighted by Crippen LogP contribution is -2.00. The predicted octanol–water partition coefficient (Wildman–Crippen LogP) is 1.72. The molecule has 1 aliphatic rings. The molecule has 0 spiro atoms. The summed E-state index contributed by atoms with van der Waals surface area (Å²) in [5.74, 6) is -0.894. The van der Waals surface area contributed by atoms with Crippen molar-refractivity contribution in [2.45, 2.75) is 25.7 Å². The van der Waals surface area contributed by atoms with Gasteiger partial charge in [-0.3, -0.25) is 0 Å². The third kappa shape index (κ3) is 1.22. The molecular weight excluding hydrogens is 174 g/mol.